The first-order valence-electron chi connectivity index (χ1n) is 6.41. The predicted octanol–water partition coefficient (Wildman–Crippen LogP) is 2.92. The summed E-state index contributed by atoms with van der Waals surface area (Å²) in [6, 6.07) is 2.02. The fraction of sp³-hybridized carbons (Fsp3) is 0.429. The molecule has 0 aliphatic carbocycles. The molecule has 0 spiro atoms. The Balaban J connectivity index is 2.26. The number of nitrogens with zero attached hydrogens (tertiary/aromatic N) is 3. The van der Waals surface area contributed by atoms with Crippen molar-refractivity contribution in [3.8, 4) is 0 Å². The van der Waals surface area contributed by atoms with Crippen molar-refractivity contribution < 1.29 is 0 Å². The largest absolute Gasteiger partial charge is 0.324 e. The highest BCUT2D eigenvalue weighted by Gasteiger charge is 2.16. The SMILES string of the molecule is CCn1nc(C)c(Br)c1CC(N)c1cncc(C)c1. The highest BCUT2D eigenvalue weighted by Crippen LogP contribution is 2.25. The van der Waals surface area contributed by atoms with E-state index in [9.17, 15) is 0 Å². The Kier molecular flexibility index (Phi) is 4.37. The van der Waals surface area contributed by atoms with Crippen LogP contribution in [0.4, 0.5) is 0 Å². The minimum Gasteiger partial charge on any atom is -0.324 e. The lowest BCUT2D eigenvalue weighted by Crippen LogP contribution is -2.16. The molecule has 19 heavy (non-hydrogen) atoms. The van der Waals surface area contributed by atoms with E-state index in [0.717, 1.165) is 40.0 Å². The molecule has 1 unspecified atom stereocenters. The fourth-order valence-corrected chi connectivity index (χ4v) is 2.62. The molecular weight excluding hydrogens is 304 g/mol. The van der Waals surface area contributed by atoms with Gasteiger partial charge in [-0.25, -0.2) is 0 Å². The summed E-state index contributed by atoms with van der Waals surface area (Å²) in [6.45, 7) is 6.96. The quantitative estimate of drug-likeness (QED) is 0.941. The maximum absolute atomic E-state index is 6.30. The molecule has 0 amide bonds. The van der Waals surface area contributed by atoms with Gasteiger partial charge in [0.25, 0.3) is 0 Å². The third-order valence-corrected chi connectivity index (χ3v) is 4.22. The fourth-order valence-electron chi connectivity index (χ4n) is 2.17. The number of hydrogen-bond donors (Lipinski definition) is 1. The van der Waals surface area contributed by atoms with Crippen LogP contribution in [0.2, 0.25) is 0 Å². The standard InChI is InChI=1S/C14H19BrN4/c1-4-19-13(14(15)10(3)18-19)6-12(16)11-5-9(2)7-17-8-11/h5,7-8,12H,4,6,16H2,1-3H3. The third kappa shape index (κ3) is 3.04. The second-order valence-electron chi connectivity index (χ2n) is 4.77. The van der Waals surface area contributed by atoms with Crippen molar-refractivity contribution in [2.45, 2.75) is 39.8 Å². The Hall–Kier alpha value is -1.20. The van der Waals surface area contributed by atoms with Gasteiger partial charge in [-0.3, -0.25) is 9.67 Å². The summed E-state index contributed by atoms with van der Waals surface area (Å²) in [7, 11) is 0. The van der Waals surface area contributed by atoms with E-state index < -0.39 is 0 Å². The lowest BCUT2D eigenvalue weighted by molar-refractivity contribution is 0.585. The molecule has 2 heterocycles. The predicted molar refractivity (Wildman–Crippen MR) is 79.9 cm³/mol. The van der Waals surface area contributed by atoms with Crippen LogP contribution in [0, 0.1) is 13.8 Å². The van der Waals surface area contributed by atoms with Gasteiger partial charge in [-0.15, -0.1) is 0 Å². The molecule has 0 radical (unpaired) electrons. The average Bonchev–Trinajstić information content (AvgIpc) is 2.66. The molecule has 2 N–H and O–H groups in total. The Morgan fingerprint density at radius 3 is 2.74 bits per heavy atom. The van der Waals surface area contributed by atoms with Gasteiger partial charge in [0, 0.05) is 31.4 Å². The Bertz CT molecular complexity index is 577. The molecule has 0 saturated carbocycles. The lowest BCUT2D eigenvalue weighted by atomic mass is 10.0. The van der Waals surface area contributed by atoms with Crippen molar-refractivity contribution in [1.29, 1.82) is 0 Å². The second-order valence-corrected chi connectivity index (χ2v) is 5.56. The van der Waals surface area contributed by atoms with Crippen LogP contribution in [0.3, 0.4) is 0 Å². The van der Waals surface area contributed by atoms with Gasteiger partial charge in [0.05, 0.1) is 15.9 Å². The maximum Gasteiger partial charge on any atom is 0.0738 e. The highest BCUT2D eigenvalue weighted by atomic mass is 79.9. The van der Waals surface area contributed by atoms with Gasteiger partial charge in [-0.2, -0.15) is 5.10 Å². The molecule has 2 rings (SSSR count). The number of nitrogens with two attached hydrogens (primary N) is 1. The van der Waals surface area contributed by atoms with E-state index in [0.29, 0.717) is 0 Å². The minimum atomic E-state index is -0.0647. The van der Waals surface area contributed by atoms with Crippen molar-refractivity contribution in [2.24, 2.45) is 5.73 Å². The zero-order valence-corrected chi connectivity index (χ0v) is 13.1. The molecule has 5 heteroatoms. The van der Waals surface area contributed by atoms with E-state index in [2.05, 4.69) is 39.0 Å². The first-order valence-corrected chi connectivity index (χ1v) is 7.21. The van der Waals surface area contributed by atoms with Crippen LogP contribution in [0.15, 0.2) is 22.9 Å². The monoisotopic (exact) mass is 322 g/mol. The van der Waals surface area contributed by atoms with Gasteiger partial charge in [-0.05, 0) is 47.8 Å². The first-order chi connectivity index (χ1) is 9.02. The summed E-state index contributed by atoms with van der Waals surface area (Å²) in [5.74, 6) is 0. The number of pyridine rings is 1. The van der Waals surface area contributed by atoms with Crippen molar-refractivity contribution in [3.05, 3.63) is 45.4 Å². The van der Waals surface area contributed by atoms with E-state index in [4.69, 9.17) is 5.73 Å². The molecule has 4 nitrogen and oxygen atoms in total. The molecular formula is C14H19BrN4. The summed E-state index contributed by atoms with van der Waals surface area (Å²) < 4.78 is 3.06. The van der Waals surface area contributed by atoms with Crippen LogP contribution >= 0.6 is 15.9 Å². The van der Waals surface area contributed by atoms with Crippen molar-refractivity contribution in [2.75, 3.05) is 0 Å². The molecule has 0 aromatic carbocycles. The van der Waals surface area contributed by atoms with Crippen molar-refractivity contribution in [1.82, 2.24) is 14.8 Å². The molecule has 2 aromatic heterocycles. The minimum absolute atomic E-state index is 0.0647. The third-order valence-electron chi connectivity index (χ3n) is 3.19. The van der Waals surface area contributed by atoms with E-state index >= 15 is 0 Å². The van der Waals surface area contributed by atoms with E-state index in [1.807, 2.05) is 30.9 Å². The van der Waals surface area contributed by atoms with Gasteiger partial charge < -0.3 is 5.73 Å². The number of aryl methyl sites for hydroxylation is 3. The lowest BCUT2D eigenvalue weighted by Gasteiger charge is -2.13. The second kappa shape index (κ2) is 5.84. The van der Waals surface area contributed by atoms with E-state index in [1.54, 1.807) is 0 Å². The van der Waals surface area contributed by atoms with Crippen molar-refractivity contribution in [3.63, 3.8) is 0 Å². The number of rotatable bonds is 4. The van der Waals surface area contributed by atoms with Crippen LogP contribution in [-0.4, -0.2) is 14.8 Å². The number of aromatic nitrogens is 3. The summed E-state index contributed by atoms with van der Waals surface area (Å²) in [5, 5.41) is 4.49. The van der Waals surface area contributed by atoms with Crippen LogP contribution in [0.5, 0.6) is 0 Å². The normalized spacial score (nSPS) is 12.7. The van der Waals surface area contributed by atoms with Gasteiger partial charge in [0.1, 0.15) is 0 Å². The molecule has 2 aromatic rings. The summed E-state index contributed by atoms with van der Waals surface area (Å²) >= 11 is 3.60. The van der Waals surface area contributed by atoms with Gasteiger partial charge >= 0.3 is 0 Å². The zero-order valence-electron chi connectivity index (χ0n) is 11.5. The van der Waals surface area contributed by atoms with Crippen LogP contribution in [0.25, 0.3) is 0 Å². The topological polar surface area (TPSA) is 56.7 Å². The highest BCUT2D eigenvalue weighted by molar-refractivity contribution is 9.10. The average molecular weight is 323 g/mol. The van der Waals surface area contributed by atoms with Crippen LogP contribution in [-0.2, 0) is 13.0 Å². The molecule has 0 fully saturated rings. The first kappa shape index (κ1) is 14.2. The zero-order chi connectivity index (χ0) is 14.0. The van der Waals surface area contributed by atoms with Gasteiger partial charge in [0.2, 0.25) is 0 Å². The van der Waals surface area contributed by atoms with Crippen LogP contribution in [0.1, 0.15) is 35.5 Å². The van der Waals surface area contributed by atoms with E-state index in [1.165, 1.54) is 0 Å². The van der Waals surface area contributed by atoms with Crippen LogP contribution < -0.4 is 5.73 Å². The maximum atomic E-state index is 6.30. The Labute approximate surface area is 122 Å². The van der Waals surface area contributed by atoms with Gasteiger partial charge in [-0.1, -0.05) is 6.07 Å². The van der Waals surface area contributed by atoms with Crippen molar-refractivity contribution >= 4 is 15.9 Å². The molecule has 0 aliphatic heterocycles. The smallest absolute Gasteiger partial charge is 0.0738 e. The Morgan fingerprint density at radius 1 is 1.37 bits per heavy atom. The molecule has 0 saturated heterocycles. The summed E-state index contributed by atoms with van der Waals surface area (Å²) in [6.07, 6.45) is 4.43. The number of halogens is 1. The number of hydrogen-bond acceptors (Lipinski definition) is 3. The molecule has 0 aliphatic rings. The summed E-state index contributed by atoms with van der Waals surface area (Å²) in [4.78, 5) is 4.20. The Morgan fingerprint density at radius 2 is 2.11 bits per heavy atom. The van der Waals surface area contributed by atoms with E-state index in [-0.39, 0.29) is 6.04 Å². The van der Waals surface area contributed by atoms with Gasteiger partial charge in [0.15, 0.2) is 0 Å². The molecule has 1 atom stereocenters. The summed E-state index contributed by atoms with van der Waals surface area (Å²) in [5.41, 5.74) is 10.6. The molecule has 102 valence electrons. The molecule has 0 bridgehead atoms.